The second kappa shape index (κ2) is 6.07. The molecule has 1 heterocycles. The van der Waals surface area contributed by atoms with E-state index in [1.807, 2.05) is 24.3 Å². The number of aromatic nitrogens is 2. The van der Waals surface area contributed by atoms with Crippen molar-refractivity contribution in [2.24, 2.45) is 5.10 Å². The van der Waals surface area contributed by atoms with Crippen molar-refractivity contribution in [3.8, 4) is 11.5 Å². The fourth-order valence-electron chi connectivity index (χ4n) is 2.00. The summed E-state index contributed by atoms with van der Waals surface area (Å²) in [6, 6.07) is 11.2. The molecule has 2 aromatic carbocycles. The van der Waals surface area contributed by atoms with Gasteiger partial charge in [0.1, 0.15) is 0 Å². The van der Waals surface area contributed by atoms with Gasteiger partial charge in [0.05, 0.1) is 28.8 Å². The lowest BCUT2D eigenvalue weighted by Crippen LogP contribution is -1.94. The number of halogens is 1. The number of ether oxygens (including phenoxy) is 1. The number of benzene rings is 2. The first kappa shape index (κ1) is 14.4. The monoisotopic (exact) mass is 360 g/mol. The van der Waals surface area contributed by atoms with Gasteiger partial charge in [0.15, 0.2) is 11.5 Å². The third-order valence-corrected chi connectivity index (χ3v) is 3.93. The van der Waals surface area contributed by atoms with Crippen molar-refractivity contribution in [1.29, 1.82) is 0 Å². The number of nitrogens with one attached hydrogen (secondary N) is 2. The Labute approximate surface area is 135 Å². The van der Waals surface area contributed by atoms with Gasteiger partial charge in [0, 0.05) is 5.56 Å². The first-order valence-electron chi connectivity index (χ1n) is 6.48. The van der Waals surface area contributed by atoms with Crippen molar-refractivity contribution in [3.05, 3.63) is 46.4 Å². The highest BCUT2D eigenvalue weighted by atomic mass is 79.9. The molecule has 0 aliphatic rings. The number of para-hydroxylation sites is 2. The summed E-state index contributed by atoms with van der Waals surface area (Å²) in [5.41, 5.74) is 5.34. The number of rotatable bonds is 4. The van der Waals surface area contributed by atoms with Gasteiger partial charge in [-0.15, -0.1) is 0 Å². The molecule has 22 heavy (non-hydrogen) atoms. The smallest absolute Gasteiger partial charge is 0.222 e. The number of H-pyrrole nitrogens is 1. The molecule has 0 spiro atoms. The predicted octanol–water partition coefficient (Wildman–Crippen LogP) is 3.49. The maximum Gasteiger partial charge on any atom is 0.222 e. The van der Waals surface area contributed by atoms with Crippen LogP contribution in [0.2, 0.25) is 0 Å². The van der Waals surface area contributed by atoms with Crippen molar-refractivity contribution in [2.45, 2.75) is 0 Å². The van der Waals surface area contributed by atoms with Crippen LogP contribution in [0.1, 0.15) is 5.56 Å². The van der Waals surface area contributed by atoms with E-state index in [-0.39, 0.29) is 5.75 Å². The van der Waals surface area contributed by atoms with Crippen molar-refractivity contribution in [2.75, 3.05) is 12.5 Å². The molecule has 3 rings (SSSR count). The molecule has 0 saturated heterocycles. The van der Waals surface area contributed by atoms with Crippen molar-refractivity contribution >= 4 is 39.1 Å². The third-order valence-electron chi connectivity index (χ3n) is 3.09. The van der Waals surface area contributed by atoms with Gasteiger partial charge in [-0.05, 0) is 40.2 Å². The van der Waals surface area contributed by atoms with Crippen LogP contribution in [0.25, 0.3) is 11.0 Å². The number of anilines is 1. The van der Waals surface area contributed by atoms with E-state index < -0.39 is 0 Å². The molecule has 3 N–H and O–H groups in total. The van der Waals surface area contributed by atoms with E-state index in [2.05, 4.69) is 36.4 Å². The molecule has 1 aromatic heterocycles. The highest BCUT2D eigenvalue weighted by Gasteiger charge is 2.09. The molecule has 0 bridgehead atoms. The zero-order valence-corrected chi connectivity index (χ0v) is 13.3. The summed E-state index contributed by atoms with van der Waals surface area (Å²) in [5, 5.41) is 14.0. The normalized spacial score (nSPS) is 11.2. The van der Waals surface area contributed by atoms with Gasteiger partial charge in [-0.25, -0.2) is 10.4 Å². The number of aromatic amines is 1. The number of phenolic OH excluding ortho intramolecular Hbond substituents is 1. The fourth-order valence-corrected chi connectivity index (χ4v) is 2.43. The lowest BCUT2D eigenvalue weighted by Gasteiger charge is -2.06. The summed E-state index contributed by atoms with van der Waals surface area (Å²) < 4.78 is 5.55. The summed E-state index contributed by atoms with van der Waals surface area (Å²) in [5.74, 6) is 0.982. The number of imidazole rings is 1. The van der Waals surface area contributed by atoms with E-state index in [0.717, 1.165) is 11.0 Å². The van der Waals surface area contributed by atoms with Crippen LogP contribution in [-0.2, 0) is 0 Å². The summed E-state index contributed by atoms with van der Waals surface area (Å²) in [6.07, 6.45) is 1.58. The van der Waals surface area contributed by atoms with Crippen molar-refractivity contribution < 1.29 is 9.84 Å². The quantitative estimate of drug-likeness (QED) is 0.491. The summed E-state index contributed by atoms with van der Waals surface area (Å²) in [7, 11) is 1.50. The molecule has 0 atom stereocenters. The zero-order chi connectivity index (χ0) is 15.5. The maximum atomic E-state index is 9.92. The molecule has 0 amide bonds. The highest BCUT2D eigenvalue weighted by molar-refractivity contribution is 9.10. The van der Waals surface area contributed by atoms with E-state index in [0.29, 0.717) is 21.7 Å². The number of aromatic hydroxyl groups is 1. The van der Waals surface area contributed by atoms with Crippen LogP contribution in [0.3, 0.4) is 0 Å². The third kappa shape index (κ3) is 2.75. The number of nitrogens with zero attached hydrogens (tertiary/aromatic N) is 2. The predicted molar refractivity (Wildman–Crippen MR) is 89.7 cm³/mol. The Morgan fingerprint density at radius 3 is 2.91 bits per heavy atom. The summed E-state index contributed by atoms with van der Waals surface area (Å²) >= 11 is 3.31. The number of fused-ring (bicyclic) bond motifs is 1. The lowest BCUT2D eigenvalue weighted by molar-refractivity contribution is 0.372. The Balaban J connectivity index is 1.78. The zero-order valence-electron chi connectivity index (χ0n) is 11.7. The van der Waals surface area contributed by atoms with Crippen LogP contribution in [0.4, 0.5) is 5.95 Å². The topological polar surface area (TPSA) is 82.5 Å². The van der Waals surface area contributed by atoms with Crippen molar-refractivity contribution in [3.63, 3.8) is 0 Å². The van der Waals surface area contributed by atoms with Crippen LogP contribution >= 0.6 is 15.9 Å². The first-order chi connectivity index (χ1) is 10.7. The second-order valence-corrected chi connectivity index (χ2v) is 5.29. The van der Waals surface area contributed by atoms with E-state index >= 15 is 0 Å². The van der Waals surface area contributed by atoms with Gasteiger partial charge in [0.25, 0.3) is 0 Å². The standard InChI is InChI=1S/C15H13BrN4O2/c1-22-12-7-6-9(13(16)14(12)21)8-17-20-15-18-10-4-2-3-5-11(10)19-15/h2-8,21H,1H3,(H2,18,19,20)/b17-8-. The Morgan fingerprint density at radius 1 is 1.32 bits per heavy atom. The minimum atomic E-state index is 0.0372. The van der Waals surface area contributed by atoms with Crippen molar-refractivity contribution in [1.82, 2.24) is 9.97 Å². The molecule has 0 unspecified atom stereocenters. The second-order valence-electron chi connectivity index (χ2n) is 4.49. The van der Waals surface area contributed by atoms with E-state index in [4.69, 9.17) is 4.74 Å². The minimum Gasteiger partial charge on any atom is -0.503 e. The SMILES string of the molecule is COc1ccc(/C=N\Nc2nc3ccccc3[nH]2)c(Br)c1O. The highest BCUT2D eigenvalue weighted by Crippen LogP contribution is 2.35. The average molecular weight is 361 g/mol. The molecule has 0 radical (unpaired) electrons. The van der Waals surface area contributed by atoms with Crippen LogP contribution in [0.5, 0.6) is 11.5 Å². The Kier molecular flexibility index (Phi) is 3.97. The molecule has 112 valence electrons. The van der Waals surface area contributed by atoms with E-state index in [1.165, 1.54) is 7.11 Å². The molecule has 0 aliphatic carbocycles. The average Bonchev–Trinajstić information content (AvgIpc) is 2.94. The van der Waals surface area contributed by atoms with Gasteiger partial charge in [-0.1, -0.05) is 12.1 Å². The molecule has 6 nitrogen and oxygen atoms in total. The van der Waals surface area contributed by atoms with Crippen LogP contribution in [-0.4, -0.2) is 28.4 Å². The number of hydrazone groups is 1. The van der Waals surface area contributed by atoms with Crippen LogP contribution in [0, 0.1) is 0 Å². The van der Waals surface area contributed by atoms with E-state index in [1.54, 1.807) is 18.3 Å². The van der Waals surface area contributed by atoms with Crippen LogP contribution in [0.15, 0.2) is 46.0 Å². The minimum absolute atomic E-state index is 0.0372. The summed E-state index contributed by atoms with van der Waals surface area (Å²) in [4.78, 5) is 7.46. The molecule has 3 aromatic rings. The van der Waals surface area contributed by atoms with Gasteiger partial charge >= 0.3 is 0 Å². The first-order valence-corrected chi connectivity index (χ1v) is 7.27. The van der Waals surface area contributed by atoms with Gasteiger partial charge in [0.2, 0.25) is 5.95 Å². The number of methoxy groups -OCH3 is 1. The molecule has 7 heteroatoms. The van der Waals surface area contributed by atoms with E-state index in [9.17, 15) is 5.11 Å². The Bertz CT molecular complexity index is 812. The Morgan fingerprint density at radius 2 is 2.14 bits per heavy atom. The largest absolute Gasteiger partial charge is 0.503 e. The number of hydrogen-bond acceptors (Lipinski definition) is 5. The van der Waals surface area contributed by atoms with Gasteiger partial charge < -0.3 is 14.8 Å². The molecule has 0 saturated carbocycles. The Hall–Kier alpha value is -2.54. The molecular weight excluding hydrogens is 348 g/mol. The number of phenols is 1. The molecule has 0 aliphatic heterocycles. The van der Waals surface area contributed by atoms with Gasteiger partial charge in [-0.2, -0.15) is 5.10 Å². The number of hydrogen-bond donors (Lipinski definition) is 3. The summed E-state index contributed by atoms with van der Waals surface area (Å²) in [6.45, 7) is 0. The maximum absolute atomic E-state index is 9.92. The van der Waals surface area contributed by atoms with Gasteiger partial charge in [-0.3, -0.25) is 0 Å². The molecule has 0 fully saturated rings. The lowest BCUT2D eigenvalue weighted by atomic mass is 10.2. The van der Waals surface area contributed by atoms with Crippen LogP contribution < -0.4 is 10.2 Å². The molecular formula is C15H13BrN4O2. The fraction of sp³-hybridized carbons (Fsp3) is 0.0667.